The van der Waals surface area contributed by atoms with Gasteiger partial charge in [-0.3, -0.25) is 9.69 Å². The molecule has 0 radical (unpaired) electrons. The number of amides is 1. The number of hydrogen-bond acceptors (Lipinski definition) is 3. The number of piperazine rings is 1. The lowest BCUT2D eigenvalue weighted by molar-refractivity contribution is 0.0151. The Hall–Kier alpha value is -0.840. The molecule has 0 saturated carbocycles. The van der Waals surface area contributed by atoms with Crippen molar-refractivity contribution < 1.29 is 4.79 Å². The first-order chi connectivity index (χ1) is 10.0. The zero-order chi connectivity index (χ0) is 15.0. The van der Waals surface area contributed by atoms with Gasteiger partial charge in [0.05, 0.1) is 0 Å². The van der Waals surface area contributed by atoms with Gasteiger partial charge in [-0.15, -0.1) is 0 Å². The average Bonchev–Trinajstić information content (AvgIpc) is 2.44. The van der Waals surface area contributed by atoms with Crippen LogP contribution >= 0.6 is 23.2 Å². The van der Waals surface area contributed by atoms with Gasteiger partial charge >= 0.3 is 0 Å². The van der Waals surface area contributed by atoms with Crippen molar-refractivity contribution in [3.05, 3.63) is 28.0 Å². The van der Waals surface area contributed by atoms with E-state index in [1.54, 1.807) is 12.1 Å². The predicted molar refractivity (Wildman–Crippen MR) is 84.0 cm³/mol. The lowest BCUT2D eigenvalue weighted by atomic mass is 9.96. The zero-order valence-electron chi connectivity index (χ0n) is 12.1. The van der Waals surface area contributed by atoms with Crippen LogP contribution < -0.4 is 0 Å². The van der Waals surface area contributed by atoms with Crippen molar-refractivity contribution in [3.63, 3.8) is 0 Å². The third kappa shape index (κ3) is 3.17. The fourth-order valence-electron chi connectivity index (χ4n) is 3.39. The Morgan fingerprint density at radius 2 is 1.95 bits per heavy atom. The molecule has 0 spiro atoms. The Morgan fingerprint density at radius 3 is 2.67 bits per heavy atom. The molecule has 6 heteroatoms. The van der Waals surface area contributed by atoms with E-state index in [1.807, 2.05) is 4.90 Å². The van der Waals surface area contributed by atoms with Gasteiger partial charge in [-0.25, -0.2) is 4.98 Å². The number of hydrogen-bond donors (Lipinski definition) is 0. The molecular formula is C15H19Cl2N3O. The maximum Gasteiger partial charge on any atom is 0.254 e. The number of piperidine rings is 1. The van der Waals surface area contributed by atoms with E-state index in [1.165, 1.54) is 19.3 Å². The van der Waals surface area contributed by atoms with Crippen molar-refractivity contribution in [2.75, 3.05) is 19.6 Å². The second kappa shape index (κ2) is 6.11. The highest BCUT2D eigenvalue weighted by atomic mass is 35.5. The van der Waals surface area contributed by atoms with Crippen molar-refractivity contribution in [3.8, 4) is 0 Å². The summed E-state index contributed by atoms with van der Waals surface area (Å²) in [6, 6.07) is 3.88. The number of rotatable bonds is 1. The summed E-state index contributed by atoms with van der Waals surface area (Å²) in [6.45, 7) is 5.00. The maximum atomic E-state index is 12.8. The van der Waals surface area contributed by atoms with Crippen LogP contribution in [0.2, 0.25) is 10.3 Å². The first kappa shape index (κ1) is 15.1. The molecule has 0 aliphatic carbocycles. The van der Waals surface area contributed by atoms with E-state index in [9.17, 15) is 4.79 Å². The summed E-state index contributed by atoms with van der Waals surface area (Å²) in [5, 5.41) is 0.518. The fraction of sp³-hybridized carbons (Fsp3) is 0.600. The molecule has 0 aromatic carbocycles. The van der Waals surface area contributed by atoms with Crippen LogP contribution in [0.15, 0.2) is 12.1 Å². The van der Waals surface area contributed by atoms with Gasteiger partial charge in [-0.1, -0.05) is 29.6 Å². The second-order valence-electron chi connectivity index (χ2n) is 5.95. The third-order valence-corrected chi connectivity index (χ3v) is 4.85. The molecule has 2 atom stereocenters. The van der Waals surface area contributed by atoms with E-state index in [-0.39, 0.29) is 22.3 Å². The molecule has 2 unspecified atom stereocenters. The quantitative estimate of drug-likeness (QED) is 0.744. The third-order valence-electron chi connectivity index (χ3n) is 4.46. The topological polar surface area (TPSA) is 36.4 Å². The molecule has 0 N–H and O–H groups in total. The summed E-state index contributed by atoms with van der Waals surface area (Å²) in [4.78, 5) is 21.1. The molecule has 2 aliphatic rings. The number of carbonyl (C=O) groups excluding carboxylic acids is 1. The minimum atomic E-state index is -0.000997. The first-order valence-corrected chi connectivity index (χ1v) is 8.18. The number of pyridine rings is 1. The molecule has 0 bridgehead atoms. The number of carbonyl (C=O) groups is 1. The number of nitrogens with zero attached hydrogens (tertiary/aromatic N) is 3. The van der Waals surface area contributed by atoms with Gasteiger partial charge in [0.15, 0.2) is 0 Å². The molecule has 2 aliphatic heterocycles. The molecule has 1 aromatic heterocycles. The molecule has 2 fully saturated rings. The summed E-state index contributed by atoms with van der Waals surface area (Å²) in [6.07, 6.45) is 3.70. The molecule has 2 saturated heterocycles. The molecule has 1 amide bonds. The molecule has 4 nitrogen and oxygen atoms in total. The Balaban J connectivity index is 1.80. The largest absolute Gasteiger partial charge is 0.333 e. The van der Waals surface area contributed by atoms with Crippen molar-refractivity contribution >= 4 is 29.1 Å². The Morgan fingerprint density at radius 1 is 1.24 bits per heavy atom. The van der Waals surface area contributed by atoms with E-state index >= 15 is 0 Å². The van der Waals surface area contributed by atoms with Crippen LogP contribution in [0, 0.1) is 0 Å². The van der Waals surface area contributed by atoms with Crippen LogP contribution in [0.5, 0.6) is 0 Å². The van der Waals surface area contributed by atoms with E-state index in [0.717, 1.165) is 19.6 Å². The Labute approximate surface area is 135 Å². The van der Waals surface area contributed by atoms with Crippen LogP contribution in [0.1, 0.15) is 36.5 Å². The average molecular weight is 328 g/mol. The lowest BCUT2D eigenvalue weighted by Crippen LogP contribution is -2.60. The predicted octanol–water partition coefficient (Wildman–Crippen LogP) is 3.09. The highest BCUT2D eigenvalue weighted by Crippen LogP contribution is 2.26. The smallest absolute Gasteiger partial charge is 0.254 e. The van der Waals surface area contributed by atoms with E-state index in [0.29, 0.717) is 11.6 Å². The minimum absolute atomic E-state index is 0.000997. The molecule has 3 heterocycles. The number of aromatic nitrogens is 1. The highest BCUT2D eigenvalue weighted by Gasteiger charge is 2.35. The van der Waals surface area contributed by atoms with Gasteiger partial charge in [0, 0.05) is 30.7 Å². The first-order valence-electron chi connectivity index (χ1n) is 7.42. The molecule has 1 aromatic rings. The SMILES string of the molecule is CC1CN2CCCCC2CN1C(=O)c1cc(Cl)nc(Cl)c1. The monoisotopic (exact) mass is 327 g/mol. The van der Waals surface area contributed by atoms with Gasteiger partial charge in [0.25, 0.3) is 5.91 Å². The summed E-state index contributed by atoms with van der Waals surface area (Å²) in [5.41, 5.74) is 0.524. The van der Waals surface area contributed by atoms with Crippen LogP contribution in [0.3, 0.4) is 0 Å². The number of halogens is 2. The maximum absolute atomic E-state index is 12.8. The van der Waals surface area contributed by atoms with E-state index in [2.05, 4.69) is 16.8 Å². The standard InChI is InChI=1S/C15H19Cl2N3O/c1-10-8-19-5-3-2-4-12(19)9-20(10)15(21)11-6-13(16)18-14(17)7-11/h6-7,10,12H,2-5,8-9H2,1H3. The fourth-order valence-corrected chi connectivity index (χ4v) is 3.85. The summed E-state index contributed by atoms with van der Waals surface area (Å²) in [7, 11) is 0. The van der Waals surface area contributed by atoms with Crippen LogP contribution in [-0.4, -0.2) is 52.4 Å². The van der Waals surface area contributed by atoms with E-state index < -0.39 is 0 Å². The Kier molecular flexibility index (Phi) is 4.38. The lowest BCUT2D eigenvalue weighted by Gasteiger charge is -2.47. The zero-order valence-corrected chi connectivity index (χ0v) is 13.6. The van der Waals surface area contributed by atoms with Crippen molar-refractivity contribution in [2.45, 2.75) is 38.3 Å². The number of fused-ring (bicyclic) bond motifs is 1. The van der Waals surface area contributed by atoms with Crippen LogP contribution in [0.4, 0.5) is 0 Å². The molecular weight excluding hydrogens is 309 g/mol. The van der Waals surface area contributed by atoms with Crippen LogP contribution in [-0.2, 0) is 0 Å². The van der Waals surface area contributed by atoms with Crippen molar-refractivity contribution in [1.82, 2.24) is 14.8 Å². The van der Waals surface area contributed by atoms with Crippen molar-refractivity contribution in [2.24, 2.45) is 0 Å². The van der Waals surface area contributed by atoms with Crippen molar-refractivity contribution in [1.29, 1.82) is 0 Å². The molecule has 21 heavy (non-hydrogen) atoms. The van der Waals surface area contributed by atoms with Crippen LogP contribution in [0.25, 0.3) is 0 Å². The second-order valence-corrected chi connectivity index (χ2v) is 6.73. The molecule has 3 rings (SSSR count). The normalized spacial score (nSPS) is 26.5. The molecule has 114 valence electrons. The summed E-state index contributed by atoms with van der Waals surface area (Å²) in [5.74, 6) is -0.000997. The van der Waals surface area contributed by atoms with Gasteiger partial charge in [-0.05, 0) is 38.4 Å². The van der Waals surface area contributed by atoms with Gasteiger partial charge < -0.3 is 4.90 Å². The minimum Gasteiger partial charge on any atom is -0.333 e. The van der Waals surface area contributed by atoms with E-state index in [4.69, 9.17) is 23.2 Å². The summed E-state index contributed by atoms with van der Waals surface area (Å²) >= 11 is 11.8. The summed E-state index contributed by atoms with van der Waals surface area (Å²) < 4.78 is 0. The highest BCUT2D eigenvalue weighted by molar-refractivity contribution is 6.33. The van der Waals surface area contributed by atoms with Gasteiger partial charge in [-0.2, -0.15) is 0 Å². The van der Waals surface area contributed by atoms with Gasteiger partial charge in [0.2, 0.25) is 0 Å². The van der Waals surface area contributed by atoms with Gasteiger partial charge in [0.1, 0.15) is 10.3 Å². The Bertz CT molecular complexity index is 531.